The molecule has 142 valence electrons. The van der Waals surface area contributed by atoms with Gasteiger partial charge in [0.1, 0.15) is 0 Å². The molecule has 0 spiro atoms. The number of fused-ring (bicyclic) bond motifs is 4. The number of carbonyl (C=O) groups excluding carboxylic acids is 1. The monoisotopic (exact) mass is 365 g/mol. The van der Waals surface area contributed by atoms with E-state index in [1.165, 1.54) is 18.4 Å². The van der Waals surface area contributed by atoms with E-state index in [0.717, 1.165) is 32.8 Å². The number of nitrogens with zero attached hydrogens (tertiary/aromatic N) is 3. The highest BCUT2D eigenvalue weighted by Gasteiger charge is 2.36. The quantitative estimate of drug-likeness (QED) is 0.739. The number of carbonyl (C=O) groups is 1. The summed E-state index contributed by atoms with van der Waals surface area (Å²) in [6.07, 6.45) is 5.76. The van der Waals surface area contributed by atoms with Crippen molar-refractivity contribution in [1.29, 1.82) is 0 Å². The van der Waals surface area contributed by atoms with Gasteiger partial charge in [-0.3, -0.25) is 14.7 Å². The number of hydrogen-bond acceptors (Lipinski definition) is 4. The predicted octanol–water partition coefficient (Wildman–Crippen LogP) is 2.83. The third-order valence-corrected chi connectivity index (χ3v) is 5.66. The Morgan fingerprint density at radius 2 is 1.96 bits per heavy atom. The Hall–Kier alpha value is -2.24. The minimum absolute atomic E-state index is 0.113. The number of benzene rings is 1. The van der Waals surface area contributed by atoms with Crippen molar-refractivity contribution in [2.75, 3.05) is 32.8 Å². The van der Waals surface area contributed by atoms with Crippen LogP contribution in [0.5, 0.6) is 0 Å². The molecule has 3 aliphatic rings. The fourth-order valence-electron chi connectivity index (χ4n) is 4.24. The molecule has 1 aromatic heterocycles. The molecule has 1 aromatic carbocycles. The largest absolute Gasteiger partial charge is 0.375 e. The lowest BCUT2D eigenvalue weighted by molar-refractivity contribution is 0.0573. The van der Waals surface area contributed by atoms with Crippen molar-refractivity contribution in [2.24, 2.45) is 5.92 Å². The van der Waals surface area contributed by atoms with Crippen molar-refractivity contribution in [3.63, 3.8) is 0 Å². The van der Waals surface area contributed by atoms with Crippen molar-refractivity contribution in [1.82, 2.24) is 14.8 Å². The molecule has 0 unspecified atom stereocenters. The first-order valence-electron chi connectivity index (χ1n) is 9.84. The van der Waals surface area contributed by atoms with Gasteiger partial charge in [-0.05, 0) is 36.5 Å². The summed E-state index contributed by atoms with van der Waals surface area (Å²) < 4.78 is 5.88. The molecule has 5 heteroatoms. The molecular weight excluding hydrogens is 338 g/mol. The number of pyridine rings is 1. The maximum atomic E-state index is 12.8. The van der Waals surface area contributed by atoms with Gasteiger partial charge in [0.25, 0.3) is 5.91 Å². The van der Waals surface area contributed by atoms with E-state index in [4.69, 9.17) is 4.74 Å². The molecule has 5 nitrogen and oxygen atoms in total. The summed E-state index contributed by atoms with van der Waals surface area (Å²) in [5.74, 6) is 0.667. The summed E-state index contributed by atoms with van der Waals surface area (Å²) in [6, 6.07) is 14.4. The smallest absolute Gasteiger partial charge is 0.255 e. The fraction of sp³-hybridized carbons (Fsp3) is 0.455. The van der Waals surface area contributed by atoms with Gasteiger partial charge >= 0.3 is 0 Å². The third-order valence-electron chi connectivity index (χ3n) is 5.66. The van der Waals surface area contributed by atoms with Gasteiger partial charge in [-0.1, -0.05) is 30.3 Å². The second-order valence-electron chi connectivity index (χ2n) is 7.58. The SMILES string of the molecule is O=C(c1cccnc1)N1C[C@H]2CC[C@@H](C1)N(CCOCc1ccccc1)C2. The van der Waals surface area contributed by atoms with E-state index in [9.17, 15) is 4.79 Å². The van der Waals surface area contributed by atoms with Crippen molar-refractivity contribution in [3.8, 4) is 0 Å². The first kappa shape index (κ1) is 18.1. The highest BCUT2D eigenvalue weighted by atomic mass is 16.5. The Morgan fingerprint density at radius 1 is 1.07 bits per heavy atom. The lowest BCUT2D eigenvalue weighted by atomic mass is 9.95. The van der Waals surface area contributed by atoms with Crippen LogP contribution in [0.25, 0.3) is 0 Å². The molecule has 5 rings (SSSR count). The molecule has 3 fully saturated rings. The highest BCUT2D eigenvalue weighted by molar-refractivity contribution is 5.93. The van der Waals surface area contributed by atoms with Gasteiger partial charge in [-0.25, -0.2) is 0 Å². The molecule has 2 atom stereocenters. The summed E-state index contributed by atoms with van der Waals surface area (Å²) in [7, 11) is 0. The van der Waals surface area contributed by atoms with Crippen LogP contribution in [0.15, 0.2) is 54.9 Å². The van der Waals surface area contributed by atoms with Crippen LogP contribution in [0.2, 0.25) is 0 Å². The summed E-state index contributed by atoms with van der Waals surface area (Å²) >= 11 is 0. The molecule has 2 aromatic rings. The number of hydrogen-bond donors (Lipinski definition) is 0. The van der Waals surface area contributed by atoms with E-state index in [1.807, 2.05) is 35.2 Å². The van der Waals surface area contributed by atoms with Crippen LogP contribution >= 0.6 is 0 Å². The van der Waals surface area contributed by atoms with Gasteiger partial charge < -0.3 is 9.64 Å². The summed E-state index contributed by atoms with van der Waals surface area (Å²) in [5.41, 5.74) is 1.90. The number of amides is 1. The zero-order valence-electron chi connectivity index (χ0n) is 15.7. The van der Waals surface area contributed by atoms with Crippen LogP contribution in [0.3, 0.4) is 0 Å². The van der Waals surface area contributed by atoms with E-state index in [1.54, 1.807) is 12.4 Å². The van der Waals surface area contributed by atoms with Crippen LogP contribution in [-0.2, 0) is 11.3 Å². The maximum absolute atomic E-state index is 12.8. The standard InChI is InChI=1S/C22H27N3O2/c26-22(20-7-4-10-23-13-20)25-15-19-8-9-21(16-25)24(14-19)11-12-27-17-18-5-2-1-3-6-18/h1-7,10,13,19,21H,8-9,11-12,14-17H2/t19-,21-/m0/s1. The minimum atomic E-state index is 0.113. The van der Waals surface area contributed by atoms with Gasteiger partial charge in [-0.15, -0.1) is 0 Å². The molecular formula is C22H27N3O2. The van der Waals surface area contributed by atoms with Crippen LogP contribution < -0.4 is 0 Å². The van der Waals surface area contributed by atoms with Gasteiger partial charge in [0.2, 0.25) is 0 Å². The second-order valence-corrected chi connectivity index (χ2v) is 7.58. The minimum Gasteiger partial charge on any atom is -0.375 e. The molecule has 2 bridgehead atoms. The predicted molar refractivity (Wildman–Crippen MR) is 104 cm³/mol. The molecule has 4 heterocycles. The van der Waals surface area contributed by atoms with E-state index in [0.29, 0.717) is 24.1 Å². The van der Waals surface area contributed by atoms with Gasteiger partial charge in [0.15, 0.2) is 0 Å². The van der Waals surface area contributed by atoms with Gasteiger partial charge in [0.05, 0.1) is 18.8 Å². The van der Waals surface area contributed by atoms with E-state index < -0.39 is 0 Å². The Kier molecular flexibility index (Phi) is 5.80. The number of piperidine rings is 1. The average molecular weight is 365 g/mol. The lowest BCUT2D eigenvalue weighted by Gasteiger charge is -2.35. The van der Waals surface area contributed by atoms with Crippen molar-refractivity contribution >= 4 is 5.91 Å². The van der Waals surface area contributed by atoms with Crippen molar-refractivity contribution in [2.45, 2.75) is 25.5 Å². The van der Waals surface area contributed by atoms with Crippen LogP contribution in [-0.4, -0.2) is 59.5 Å². The normalized spacial score (nSPS) is 22.6. The number of ether oxygens (including phenoxy) is 1. The van der Waals surface area contributed by atoms with E-state index >= 15 is 0 Å². The zero-order chi connectivity index (χ0) is 18.5. The van der Waals surface area contributed by atoms with Gasteiger partial charge in [0, 0.05) is 44.6 Å². The highest BCUT2D eigenvalue weighted by Crippen LogP contribution is 2.28. The third kappa shape index (κ3) is 4.54. The lowest BCUT2D eigenvalue weighted by Crippen LogP contribution is -2.45. The molecule has 3 saturated heterocycles. The Balaban J connectivity index is 1.31. The van der Waals surface area contributed by atoms with Gasteiger partial charge in [-0.2, -0.15) is 0 Å². The molecule has 0 radical (unpaired) electrons. The molecule has 0 aliphatic carbocycles. The van der Waals surface area contributed by atoms with E-state index in [-0.39, 0.29) is 5.91 Å². The molecule has 0 saturated carbocycles. The van der Waals surface area contributed by atoms with Crippen molar-refractivity contribution < 1.29 is 9.53 Å². The van der Waals surface area contributed by atoms with Crippen LogP contribution in [0.4, 0.5) is 0 Å². The first-order chi connectivity index (χ1) is 13.3. The van der Waals surface area contributed by atoms with Crippen LogP contribution in [0, 0.1) is 5.92 Å². The topological polar surface area (TPSA) is 45.7 Å². The van der Waals surface area contributed by atoms with E-state index in [2.05, 4.69) is 22.0 Å². The summed E-state index contributed by atoms with van der Waals surface area (Å²) in [6.45, 7) is 5.05. The average Bonchev–Trinajstić information content (AvgIpc) is 3.04. The fourth-order valence-corrected chi connectivity index (χ4v) is 4.24. The summed E-state index contributed by atoms with van der Waals surface area (Å²) in [4.78, 5) is 21.5. The zero-order valence-corrected chi connectivity index (χ0v) is 15.7. The molecule has 1 amide bonds. The number of rotatable bonds is 6. The van der Waals surface area contributed by atoms with Crippen molar-refractivity contribution in [3.05, 3.63) is 66.0 Å². The molecule has 3 aliphatic heterocycles. The Bertz CT molecular complexity index is 738. The number of aromatic nitrogens is 1. The molecule has 27 heavy (non-hydrogen) atoms. The maximum Gasteiger partial charge on any atom is 0.255 e. The Labute approximate surface area is 161 Å². The Morgan fingerprint density at radius 3 is 2.78 bits per heavy atom. The van der Waals surface area contributed by atoms with Crippen LogP contribution in [0.1, 0.15) is 28.8 Å². The second kappa shape index (κ2) is 8.63. The molecule has 0 N–H and O–H groups in total. The summed E-state index contributed by atoms with van der Waals surface area (Å²) in [5, 5.41) is 0. The first-order valence-corrected chi connectivity index (χ1v) is 9.84.